The molecule has 0 unspecified atom stereocenters. The van der Waals surface area contributed by atoms with E-state index in [-0.39, 0.29) is 10.8 Å². The summed E-state index contributed by atoms with van der Waals surface area (Å²) in [6.45, 7) is 9.39. The van der Waals surface area contributed by atoms with Crippen molar-refractivity contribution in [3.63, 3.8) is 0 Å². The predicted molar refractivity (Wildman–Crippen MR) is 201 cm³/mol. The summed E-state index contributed by atoms with van der Waals surface area (Å²) in [5.41, 5.74) is 14.2. The van der Waals surface area contributed by atoms with Crippen LogP contribution in [0.15, 0.2) is 156 Å². The van der Waals surface area contributed by atoms with E-state index < -0.39 is 0 Å². The van der Waals surface area contributed by atoms with Crippen molar-refractivity contribution in [2.45, 2.75) is 57.8 Å². The lowest BCUT2D eigenvalue weighted by atomic mass is 9.82. The molecule has 1 fully saturated rings. The number of rotatable bonds is 4. The lowest BCUT2D eigenvalue weighted by Gasteiger charge is -2.25. The molecule has 3 aliphatic rings. The Morgan fingerprint density at radius 3 is 1.30 bits per heavy atom. The fraction of sp³-hybridized carbons (Fsp3) is 0.250. The maximum absolute atomic E-state index is 2.48. The fourth-order valence-corrected chi connectivity index (χ4v) is 8.05. The van der Waals surface area contributed by atoms with Crippen LogP contribution >= 0.6 is 0 Å². The Labute approximate surface area is 281 Å². The van der Waals surface area contributed by atoms with E-state index >= 15 is 0 Å². The Balaban J connectivity index is 1.43. The van der Waals surface area contributed by atoms with Gasteiger partial charge < -0.3 is 9.80 Å². The molecule has 7 rings (SSSR count). The normalized spacial score (nSPS) is 21.5. The van der Waals surface area contributed by atoms with Gasteiger partial charge in [-0.1, -0.05) is 113 Å². The van der Waals surface area contributed by atoms with Gasteiger partial charge in [-0.2, -0.15) is 4.58 Å². The molecule has 47 heavy (non-hydrogen) atoms. The molecule has 0 amide bonds. The Hall–Kier alpha value is -4.89. The molecule has 2 aliphatic heterocycles. The number of fused-ring (bicyclic) bond motifs is 2. The van der Waals surface area contributed by atoms with Crippen molar-refractivity contribution in [1.29, 1.82) is 0 Å². The van der Waals surface area contributed by atoms with Gasteiger partial charge in [-0.15, -0.1) is 0 Å². The molecule has 2 heterocycles. The molecule has 236 valence electrons. The van der Waals surface area contributed by atoms with Gasteiger partial charge in [0.25, 0.3) is 0 Å². The van der Waals surface area contributed by atoms with Crippen LogP contribution in [-0.4, -0.2) is 19.8 Å². The van der Waals surface area contributed by atoms with Crippen LogP contribution in [0, 0.1) is 0 Å². The third-order valence-electron chi connectivity index (χ3n) is 10.5. The van der Waals surface area contributed by atoms with Crippen LogP contribution in [0.5, 0.6) is 0 Å². The lowest BCUT2D eigenvalue weighted by Crippen LogP contribution is -2.26. The molecule has 0 spiro atoms. The van der Waals surface area contributed by atoms with Gasteiger partial charge in [0.2, 0.25) is 17.1 Å². The first-order chi connectivity index (χ1) is 22.7. The summed E-state index contributed by atoms with van der Waals surface area (Å²) >= 11 is 0. The summed E-state index contributed by atoms with van der Waals surface area (Å²) in [4.78, 5) is 4.75. The monoisotopic (exact) mass is 616 g/mol. The van der Waals surface area contributed by atoms with E-state index in [0.29, 0.717) is 0 Å². The van der Waals surface area contributed by atoms with E-state index in [4.69, 9.17) is 0 Å². The van der Waals surface area contributed by atoms with E-state index in [9.17, 15) is 0 Å². The minimum absolute atomic E-state index is 0.0769. The Bertz CT molecular complexity index is 1830. The molecule has 0 atom stereocenters. The van der Waals surface area contributed by atoms with Gasteiger partial charge in [-0.05, 0) is 54.7 Å². The second-order valence-electron chi connectivity index (χ2n) is 14.1. The molecule has 0 saturated heterocycles. The van der Waals surface area contributed by atoms with E-state index in [0.717, 1.165) is 19.3 Å². The highest BCUT2D eigenvalue weighted by Gasteiger charge is 2.39. The number of hydrogen-bond acceptors (Lipinski definition) is 2. The third-order valence-corrected chi connectivity index (χ3v) is 10.5. The number of nitrogens with zero attached hydrogens (tertiary/aromatic N) is 3. The standard InChI is InChI=1S/C44H46N3/c1-43(2)36-24-13-15-26-38(36)45(5)40(43)30-28-32-18-17-19-33(29-31-41-44(3,4)37-25-14-16-27-39(37)46(41)6)42(32)47(34-20-9-7-10-21-34)35-22-11-8-12-23-35/h7-16,20-31H,17-19H2,1-6H3/q+1. The number of anilines is 2. The molecule has 0 N–H and O–H groups in total. The molecule has 0 aromatic heterocycles. The van der Waals surface area contributed by atoms with E-state index in [1.54, 1.807) is 0 Å². The van der Waals surface area contributed by atoms with Crippen molar-refractivity contribution in [3.8, 4) is 0 Å². The second kappa shape index (κ2) is 12.0. The Morgan fingerprint density at radius 1 is 0.511 bits per heavy atom. The zero-order valence-corrected chi connectivity index (χ0v) is 28.7. The summed E-state index contributed by atoms with van der Waals surface area (Å²) in [6, 6.07) is 39.4. The largest absolute Gasteiger partial charge is 0.347 e. The minimum Gasteiger partial charge on any atom is -0.347 e. The first kappa shape index (κ1) is 30.7. The zero-order chi connectivity index (χ0) is 32.8. The van der Waals surface area contributed by atoms with Crippen LogP contribution in [0.25, 0.3) is 0 Å². The van der Waals surface area contributed by atoms with Crippen molar-refractivity contribution < 1.29 is 0 Å². The van der Waals surface area contributed by atoms with E-state index in [1.807, 2.05) is 0 Å². The van der Waals surface area contributed by atoms with Crippen LogP contribution in [0.2, 0.25) is 0 Å². The van der Waals surface area contributed by atoms with Gasteiger partial charge in [0, 0.05) is 83.1 Å². The van der Waals surface area contributed by atoms with Gasteiger partial charge in [-0.3, -0.25) is 0 Å². The fourth-order valence-electron chi connectivity index (χ4n) is 8.05. The van der Waals surface area contributed by atoms with Crippen LogP contribution < -0.4 is 14.4 Å². The summed E-state index contributed by atoms with van der Waals surface area (Å²) < 4.78 is 2.48. The van der Waals surface area contributed by atoms with Crippen LogP contribution in [0.3, 0.4) is 0 Å². The lowest BCUT2D eigenvalue weighted by molar-refractivity contribution is 0.640. The number of likely N-dealkylation sites (N-methyl/N-ethyl adjacent to an activating group) is 2. The Morgan fingerprint density at radius 2 is 0.894 bits per heavy atom. The molecule has 1 saturated carbocycles. The minimum atomic E-state index is -0.0769. The molecular weight excluding hydrogens is 571 g/mol. The number of benzene rings is 4. The van der Waals surface area contributed by atoms with E-state index in [1.165, 1.54) is 62.1 Å². The van der Waals surface area contributed by atoms with Gasteiger partial charge in [0.1, 0.15) is 0 Å². The summed E-state index contributed by atoms with van der Waals surface area (Å²) in [5, 5.41) is 0. The average molecular weight is 617 g/mol. The van der Waals surface area contributed by atoms with Gasteiger partial charge in [-0.25, -0.2) is 0 Å². The van der Waals surface area contributed by atoms with Crippen molar-refractivity contribution in [3.05, 3.63) is 167 Å². The molecular formula is C44H46N3+. The maximum atomic E-state index is 2.48. The SMILES string of the molecule is CN1C(=CC=C2CCC/C(=C/C=C3\N(C)c4ccccc4C3(C)C)C2=[N+](c2ccccc2)c2ccccc2)C(C)(C)c2ccccc21. The van der Waals surface area contributed by atoms with Crippen molar-refractivity contribution in [1.82, 2.24) is 4.58 Å². The molecule has 4 aromatic rings. The highest BCUT2D eigenvalue weighted by Crippen LogP contribution is 2.48. The van der Waals surface area contributed by atoms with Crippen LogP contribution in [0.1, 0.15) is 58.1 Å². The first-order valence-electron chi connectivity index (χ1n) is 17.0. The van der Waals surface area contributed by atoms with Crippen LogP contribution in [0.4, 0.5) is 22.7 Å². The van der Waals surface area contributed by atoms with Crippen LogP contribution in [-0.2, 0) is 10.8 Å². The molecule has 4 aromatic carbocycles. The van der Waals surface area contributed by atoms with Crippen molar-refractivity contribution in [2.24, 2.45) is 0 Å². The second-order valence-corrected chi connectivity index (χ2v) is 14.1. The summed E-state index contributed by atoms with van der Waals surface area (Å²) in [7, 11) is 4.41. The number of para-hydroxylation sites is 4. The van der Waals surface area contributed by atoms with Gasteiger partial charge >= 0.3 is 0 Å². The molecule has 3 nitrogen and oxygen atoms in total. The number of allylic oxidation sites excluding steroid dienone is 8. The van der Waals surface area contributed by atoms with Gasteiger partial charge in [0.05, 0.1) is 0 Å². The maximum Gasteiger partial charge on any atom is 0.218 e. The van der Waals surface area contributed by atoms with Gasteiger partial charge in [0.15, 0.2) is 0 Å². The smallest absolute Gasteiger partial charge is 0.218 e. The van der Waals surface area contributed by atoms with Crippen molar-refractivity contribution in [2.75, 3.05) is 23.9 Å². The highest BCUT2D eigenvalue weighted by molar-refractivity contribution is 6.16. The molecule has 0 radical (unpaired) electrons. The Kier molecular flexibility index (Phi) is 7.88. The predicted octanol–water partition coefficient (Wildman–Crippen LogP) is 10.6. The molecule has 1 aliphatic carbocycles. The highest BCUT2D eigenvalue weighted by atomic mass is 15.2. The topological polar surface area (TPSA) is 9.49 Å². The van der Waals surface area contributed by atoms with Crippen molar-refractivity contribution >= 4 is 28.5 Å². The molecule has 3 heteroatoms. The molecule has 0 bridgehead atoms. The summed E-state index contributed by atoms with van der Waals surface area (Å²) in [5.74, 6) is 0. The first-order valence-corrected chi connectivity index (χ1v) is 17.0. The number of hydrogen-bond donors (Lipinski definition) is 0. The summed E-state index contributed by atoms with van der Waals surface area (Å²) in [6.07, 6.45) is 12.8. The zero-order valence-electron chi connectivity index (χ0n) is 28.7. The third kappa shape index (κ3) is 5.28. The average Bonchev–Trinajstić information content (AvgIpc) is 3.41. The quantitative estimate of drug-likeness (QED) is 0.211. The van der Waals surface area contributed by atoms with E-state index in [2.05, 4.69) is 190 Å².